The zero-order chi connectivity index (χ0) is 25.3. The monoisotopic (exact) mass is 493 g/mol. The molecule has 0 unspecified atom stereocenters. The largest absolute Gasteiger partial charge is 0.352 e. The molecule has 1 fully saturated rings. The van der Waals surface area contributed by atoms with Gasteiger partial charge in [0.1, 0.15) is 17.5 Å². The molecule has 0 radical (unpaired) electrons. The highest BCUT2D eigenvalue weighted by Gasteiger charge is 2.57. The fourth-order valence-electron chi connectivity index (χ4n) is 5.00. The van der Waals surface area contributed by atoms with Gasteiger partial charge in [-0.1, -0.05) is 62.4 Å². The highest BCUT2D eigenvalue weighted by molar-refractivity contribution is 8.01. The SMILES string of the molecule is CC(C)[C@H](NC(=O)[C@H]1N2C(=O)c3ccccc3[C@H]2SC1(C)C)C(=O)N[C@@H](C)CCc1ccccc1. The van der Waals surface area contributed by atoms with Gasteiger partial charge in [-0.2, -0.15) is 0 Å². The summed E-state index contributed by atoms with van der Waals surface area (Å²) in [5, 5.41) is 5.89. The fraction of sp³-hybridized carbons (Fsp3) is 0.464. The third kappa shape index (κ3) is 5.10. The van der Waals surface area contributed by atoms with E-state index in [2.05, 4.69) is 22.8 Å². The third-order valence-corrected chi connectivity index (χ3v) is 8.42. The van der Waals surface area contributed by atoms with Crippen LogP contribution in [0.5, 0.6) is 0 Å². The molecule has 2 aromatic carbocycles. The summed E-state index contributed by atoms with van der Waals surface area (Å²) in [5.41, 5.74) is 2.84. The summed E-state index contributed by atoms with van der Waals surface area (Å²) in [6.45, 7) is 9.82. The van der Waals surface area contributed by atoms with Crippen LogP contribution < -0.4 is 10.6 Å². The normalized spacial score (nSPS) is 21.9. The summed E-state index contributed by atoms with van der Waals surface area (Å²) in [4.78, 5) is 41.7. The van der Waals surface area contributed by atoms with Crippen LogP contribution in [0.15, 0.2) is 54.6 Å². The number of benzene rings is 2. The van der Waals surface area contributed by atoms with E-state index in [4.69, 9.17) is 0 Å². The number of thioether (sulfide) groups is 1. The van der Waals surface area contributed by atoms with Gasteiger partial charge < -0.3 is 15.5 Å². The van der Waals surface area contributed by atoms with E-state index in [0.717, 1.165) is 18.4 Å². The Labute approximate surface area is 212 Å². The average Bonchev–Trinajstić information content (AvgIpc) is 3.25. The van der Waals surface area contributed by atoms with Gasteiger partial charge in [0.2, 0.25) is 11.8 Å². The summed E-state index contributed by atoms with van der Waals surface area (Å²) >= 11 is 1.62. The second-order valence-electron chi connectivity index (χ2n) is 10.4. The second-order valence-corrected chi connectivity index (χ2v) is 12.2. The summed E-state index contributed by atoms with van der Waals surface area (Å²) in [6.07, 6.45) is 1.68. The van der Waals surface area contributed by atoms with E-state index in [1.165, 1.54) is 5.56 Å². The lowest BCUT2D eigenvalue weighted by Gasteiger charge is -2.32. The summed E-state index contributed by atoms with van der Waals surface area (Å²) in [5.74, 6) is -0.689. The van der Waals surface area contributed by atoms with Crippen LogP contribution in [0.25, 0.3) is 0 Å². The molecular formula is C28H35N3O3S. The lowest BCUT2D eigenvalue weighted by Crippen LogP contribution is -2.58. The van der Waals surface area contributed by atoms with Gasteiger partial charge in [-0.25, -0.2) is 0 Å². The van der Waals surface area contributed by atoms with Crippen LogP contribution in [0.4, 0.5) is 0 Å². The first-order chi connectivity index (χ1) is 16.6. The lowest BCUT2D eigenvalue weighted by atomic mass is 9.97. The van der Waals surface area contributed by atoms with Crippen molar-refractivity contribution in [2.45, 2.75) is 75.7 Å². The van der Waals surface area contributed by atoms with Crippen molar-refractivity contribution in [3.05, 3.63) is 71.3 Å². The Morgan fingerprint density at radius 2 is 1.66 bits per heavy atom. The number of nitrogens with one attached hydrogen (secondary N) is 2. The standard InChI is InChI=1S/C28H35N3O3S/c1-17(2)22(24(32)29-18(3)15-16-19-11-7-6-8-12-19)30-25(33)23-28(4,5)35-27-21-14-10-9-13-20(21)26(34)31(23)27/h6-14,17-18,22-23,27H,15-16H2,1-5H3,(H,29,32)(H,30,33)/t18-,22-,23+,27+/m0/s1. The Hall–Kier alpha value is -2.80. The maximum Gasteiger partial charge on any atom is 0.256 e. The van der Waals surface area contributed by atoms with E-state index in [1.807, 2.05) is 77.1 Å². The topological polar surface area (TPSA) is 78.5 Å². The summed E-state index contributed by atoms with van der Waals surface area (Å²) in [6, 6.07) is 16.4. The molecule has 0 spiro atoms. The highest BCUT2D eigenvalue weighted by atomic mass is 32.2. The molecule has 2 aromatic rings. The number of aryl methyl sites for hydroxylation is 1. The van der Waals surface area contributed by atoms with Crippen molar-refractivity contribution in [2.75, 3.05) is 0 Å². The van der Waals surface area contributed by atoms with Crippen molar-refractivity contribution in [2.24, 2.45) is 5.92 Å². The first-order valence-electron chi connectivity index (χ1n) is 12.3. The van der Waals surface area contributed by atoms with Gasteiger partial charge in [-0.3, -0.25) is 14.4 Å². The van der Waals surface area contributed by atoms with Gasteiger partial charge in [0.05, 0.1) is 0 Å². The predicted molar refractivity (Wildman–Crippen MR) is 140 cm³/mol. The van der Waals surface area contributed by atoms with E-state index in [-0.39, 0.29) is 35.1 Å². The smallest absolute Gasteiger partial charge is 0.256 e. The molecule has 0 saturated carbocycles. The summed E-state index contributed by atoms with van der Waals surface area (Å²) < 4.78 is -0.487. The molecular weight excluding hydrogens is 458 g/mol. The van der Waals surface area contributed by atoms with Crippen molar-refractivity contribution < 1.29 is 14.4 Å². The molecule has 0 aromatic heterocycles. The van der Waals surface area contributed by atoms with Crippen LogP contribution in [0, 0.1) is 5.92 Å². The summed E-state index contributed by atoms with van der Waals surface area (Å²) in [7, 11) is 0. The molecule has 6 nitrogen and oxygen atoms in total. The lowest BCUT2D eigenvalue weighted by molar-refractivity contribution is -0.133. The van der Waals surface area contributed by atoms with E-state index in [1.54, 1.807) is 16.7 Å². The molecule has 7 heteroatoms. The van der Waals surface area contributed by atoms with Crippen molar-refractivity contribution in [3.8, 4) is 0 Å². The first-order valence-corrected chi connectivity index (χ1v) is 13.2. The Balaban J connectivity index is 1.43. The average molecular weight is 494 g/mol. The van der Waals surface area contributed by atoms with Crippen molar-refractivity contribution >= 4 is 29.5 Å². The number of nitrogens with zero attached hydrogens (tertiary/aromatic N) is 1. The van der Waals surface area contributed by atoms with Crippen LogP contribution in [0.2, 0.25) is 0 Å². The third-order valence-electron chi connectivity index (χ3n) is 6.89. The Morgan fingerprint density at radius 1 is 1.00 bits per heavy atom. The van der Waals surface area contributed by atoms with Gasteiger partial charge >= 0.3 is 0 Å². The molecule has 2 aliphatic rings. The maximum atomic E-state index is 13.6. The van der Waals surface area contributed by atoms with Crippen molar-refractivity contribution in [3.63, 3.8) is 0 Å². The minimum atomic E-state index is -0.679. The number of hydrogen-bond acceptors (Lipinski definition) is 4. The Bertz CT molecular complexity index is 1100. The molecule has 4 atom stereocenters. The zero-order valence-electron chi connectivity index (χ0n) is 21.1. The van der Waals surface area contributed by atoms with Crippen molar-refractivity contribution in [1.82, 2.24) is 15.5 Å². The molecule has 186 valence electrons. The first kappa shape index (κ1) is 25.3. The Kier molecular flexibility index (Phi) is 7.27. The quantitative estimate of drug-likeness (QED) is 0.574. The van der Waals surface area contributed by atoms with Crippen LogP contribution in [0.3, 0.4) is 0 Å². The van der Waals surface area contributed by atoms with Crippen LogP contribution in [0.1, 0.15) is 67.9 Å². The van der Waals surface area contributed by atoms with Gasteiger partial charge in [-0.15, -0.1) is 11.8 Å². The van der Waals surface area contributed by atoms with Gasteiger partial charge in [0, 0.05) is 16.4 Å². The molecule has 3 amide bonds. The van der Waals surface area contributed by atoms with Gasteiger partial charge in [0.15, 0.2) is 0 Å². The number of carbonyl (C=O) groups excluding carboxylic acids is 3. The maximum absolute atomic E-state index is 13.6. The number of hydrogen-bond donors (Lipinski definition) is 2. The van der Waals surface area contributed by atoms with Crippen LogP contribution in [-0.2, 0) is 16.0 Å². The predicted octanol–water partition coefficient (Wildman–Crippen LogP) is 4.31. The molecule has 4 rings (SSSR count). The zero-order valence-corrected chi connectivity index (χ0v) is 21.9. The fourth-order valence-corrected chi connectivity index (χ4v) is 6.59. The number of fused-ring (bicyclic) bond motifs is 3. The molecule has 0 aliphatic carbocycles. The minimum Gasteiger partial charge on any atom is -0.352 e. The van der Waals surface area contributed by atoms with Gasteiger partial charge in [-0.05, 0) is 56.7 Å². The molecule has 2 heterocycles. The highest BCUT2D eigenvalue weighted by Crippen LogP contribution is 2.56. The van der Waals surface area contributed by atoms with E-state index < -0.39 is 16.8 Å². The number of amides is 3. The van der Waals surface area contributed by atoms with Crippen molar-refractivity contribution in [1.29, 1.82) is 0 Å². The number of rotatable bonds is 8. The van der Waals surface area contributed by atoms with Gasteiger partial charge in [0.25, 0.3) is 5.91 Å². The molecule has 1 saturated heterocycles. The molecule has 2 N–H and O–H groups in total. The second kappa shape index (κ2) is 10.1. The van der Waals surface area contributed by atoms with Crippen LogP contribution >= 0.6 is 11.8 Å². The van der Waals surface area contributed by atoms with E-state index >= 15 is 0 Å². The van der Waals surface area contributed by atoms with E-state index in [9.17, 15) is 14.4 Å². The Morgan fingerprint density at radius 3 is 2.34 bits per heavy atom. The minimum absolute atomic E-state index is 0.0293. The number of carbonyl (C=O) groups is 3. The molecule has 0 bridgehead atoms. The molecule has 2 aliphatic heterocycles. The van der Waals surface area contributed by atoms with Crippen LogP contribution in [-0.4, -0.2) is 45.5 Å². The van der Waals surface area contributed by atoms with E-state index in [0.29, 0.717) is 5.56 Å². The molecule has 35 heavy (non-hydrogen) atoms.